The minimum absolute atomic E-state index is 0.139. The van der Waals surface area contributed by atoms with Crippen LogP contribution in [0.1, 0.15) is 10.4 Å². The summed E-state index contributed by atoms with van der Waals surface area (Å²) in [5.41, 5.74) is 0.267. The molecule has 0 bridgehead atoms. The summed E-state index contributed by atoms with van der Waals surface area (Å²) in [6, 6.07) is 8.67. The molecule has 0 unspecified atom stereocenters. The van der Waals surface area contributed by atoms with Crippen LogP contribution in [0, 0.1) is 5.82 Å². The van der Waals surface area contributed by atoms with Crippen molar-refractivity contribution in [2.75, 3.05) is 19.5 Å². The van der Waals surface area contributed by atoms with Crippen LogP contribution in [0.25, 0.3) is 0 Å². The second-order valence-corrected chi connectivity index (χ2v) is 4.58. The number of amides is 1. The highest BCUT2D eigenvalue weighted by Gasteiger charge is 2.15. The predicted octanol–water partition coefficient (Wildman–Crippen LogP) is 3.75. The van der Waals surface area contributed by atoms with Gasteiger partial charge in [0, 0.05) is 11.1 Å². The van der Waals surface area contributed by atoms with Crippen LogP contribution in [0.5, 0.6) is 11.5 Å². The largest absolute Gasteiger partial charge is 0.497 e. The molecule has 0 heterocycles. The number of halogens is 2. The molecule has 0 fully saturated rings. The summed E-state index contributed by atoms with van der Waals surface area (Å²) in [5.74, 6) is -0.272. The van der Waals surface area contributed by atoms with Gasteiger partial charge in [-0.1, -0.05) is 11.6 Å². The van der Waals surface area contributed by atoms with E-state index in [-0.39, 0.29) is 10.6 Å². The van der Waals surface area contributed by atoms with Gasteiger partial charge in [0.25, 0.3) is 5.91 Å². The normalized spacial score (nSPS) is 10.1. The molecule has 0 spiro atoms. The van der Waals surface area contributed by atoms with Crippen LogP contribution in [-0.2, 0) is 0 Å². The smallest absolute Gasteiger partial charge is 0.258 e. The summed E-state index contributed by atoms with van der Waals surface area (Å²) in [6.07, 6.45) is 0. The van der Waals surface area contributed by atoms with Gasteiger partial charge in [0.2, 0.25) is 0 Å². The molecule has 6 heteroatoms. The summed E-state index contributed by atoms with van der Waals surface area (Å²) in [6.45, 7) is 0. The summed E-state index contributed by atoms with van der Waals surface area (Å²) in [5, 5.41) is 2.86. The van der Waals surface area contributed by atoms with Crippen molar-refractivity contribution in [3.63, 3.8) is 0 Å². The molecular weight excluding hydrogens is 297 g/mol. The van der Waals surface area contributed by atoms with E-state index in [0.29, 0.717) is 17.2 Å². The highest BCUT2D eigenvalue weighted by atomic mass is 35.5. The molecule has 0 atom stereocenters. The zero-order chi connectivity index (χ0) is 15.4. The Bertz CT molecular complexity index is 676. The maximum absolute atomic E-state index is 13.7. The van der Waals surface area contributed by atoms with Crippen molar-refractivity contribution in [3.05, 3.63) is 52.8 Å². The second-order valence-electron chi connectivity index (χ2n) is 4.14. The molecule has 4 nitrogen and oxygen atoms in total. The summed E-state index contributed by atoms with van der Waals surface area (Å²) in [4.78, 5) is 12.1. The fourth-order valence-electron chi connectivity index (χ4n) is 1.76. The van der Waals surface area contributed by atoms with Crippen molar-refractivity contribution in [1.29, 1.82) is 0 Å². The van der Waals surface area contributed by atoms with Crippen LogP contribution in [-0.4, -0.2) is 20.1 Å². The zero-order valence-corrected chi connectivity index (χ0v) is 12.2. The Morgan fingerprint density at radius 3 is 2.57 bits per heavy atom. The lowest BCUT2D eigenvalue weighted by Crippen LogP contribution is -2.14. The van der Waals surface area contributed by atoms with Crippen molar-refractivity contribution >= 4 is 23.2 Å². The fourth-order valence-corrected chi connectivity index (χ4v) is 1.94. The average molecular weight is 310 g/mol. The van der Waals surface area contributed by atoms with Gasteiger partial charge in [-0.15, -0.1) is 0 Å². The molecular formula is C15H13ClFNO3. The number of methoxy groups -OCH3 is 2. The first kappa shape index (κ1) is 15.1. The van der Waals surface area contributed by atoms with Gasteiger partial charge in [0.05, 0.1) is 25.5 Å². The van der Waals surface area contributed by atoms with E-state index >= 15 is 0 Å². The molecule has 2 rings (SSSR count). The van der Waals surface area contributed by atoms with Crippen LogP contribution in [0.2, 0.25) is 5.02 Å². The first-order chi connectivity index (χ1) is 10.0. The lowest BCUT2D eigenvalue weighted by molar-refractivity contribution is 0.102. The van der Waals surface area contributed by atoms with E-state index in [1.165, 1.54) is 26.4 Å². The average Bonchev–Trinajstić information content (AvgIpc) is 2.49. The van der Waals surface area contributed by atoms with Gasteiger partial charge < -0.3 is 14.8 Å². The Morgan fingerprint density at radius 2 is 1.90 bits per heavy atom. The van der Waals surface area contributed by atoms with Crippen LogP contribution in [0.4, 0.5) is 10.1 Å². The first-order valence-electron chi connectivity index (χ1n) is 6.03. The third-order valence-electron chi connectivity index (χ3n) is 2.83. The molecule has 110 valence electrons. The van der Waals surface area contributed by atoms with E-state index in [2.05, 4.69) is 5.32 Å². The number of anilines is 1. The van der Waals surface area contributed by atoms with E-state index in [1.807, 2.05) is 0 Å². The molecule has 1 N–H and O–H groups in total. The van der Waals surface area contributed by atoms with Gasteiger partial charge in [-0.2, -0.15) is 0 Å². The van der Waals surface area contributed by atoms with Gasteiger partial charge >= 0.3 is 0 Å². The Balaban J connectivity index is 2.29. The molecule has 2 aromatic rings. The van der Waals surface area contributed by atoms with E-state index in [0.717, 1.165) is 6.07 Å². The lowest BCUT2D eigenvalue weighted by Gasteiger charge is -2.12. The number of benzene rings is 2. The van der Waals surface area contributed by atoms with Crippen LogP contribution in [0.15, 0.2) is 36.4 Å². The number of hydrogen-bond acceptors (Lipinski definition) is 3. The number of rotatable bonds is 4. The number of ether oxygens (including phenoxy) is 2. The SMILES string of the molecule is COc1ccc(NC(=O)c2cc(Cl)ccc2F)c(OC)c1. The van der Waals surface area contributed by atoms with E-state index < -0.39 is 11.7 Å². The topological polar surface area (TPSA) is 47.6 Å². The molecule has 0 radical (unpaired) electrons. The van der Waals surface area contributed by atoms with Crippen molar-refractivity contribution in [1.82, 2.24) is 0 Å². The van der Waals surface area contributed by atoms with Gasteiger partial charge in [0.15, 0.2) is 0 Å². The maximum Gasteiger partial charge on any atom is 0.258 e. The van der Waals surface area contributed by atoms with Crippen molar-refractivity contribution in [2.24, 2.45) is 0 Å². The highest BCUT2D eigenvalue weighted by Crippen LogP contribution is 2.29. The summed E-state index contributed by atoms with van der Waals surface area (Å²) in [7, 11) is 2.98. The molecule has 0 aliphatic heterocycles. The fraction of sp³-hybridized carbons (Fsp3) is 0.133. The Kier molecular flexibility index (Phi) is 4.65. The third kappa shape index (κ3) is 3.44. The van der Waals surface area contributed by atoms with Gasteiger partial charge in [-0.3, -0.25) is 4.79 Å². The second kappa shape index (κ2) is 6.45. The van der Waals surface area contributed by atoms with Crippen molar-refractivity contribution in [2.45, 2.75) is 0 Å². The van der Waals surface area contributed by atoms with E-state index in [4.69, 9.17) is 21.1 Å². The Labute approximate surface area is 126 Å². The molecule has 0 saturated carbocycles. The standard InChI is InChI=1S/C15H13ClFNO3/c1-20-10-4-6-13(14(8-10)21-2)18-15(19)11-7-9(16)3-5-12(11)17/h3-8H,1-2H3,(H,18,19). The molecule has 21 heavy (non-hydrogen) atoms. The highest BCUT2D eigenvalue weighted by molar-refractivity contribution is 6.31. The Hall–Kier alpha value is -2.27. The van der Waals surface area contributed by atoms with Gasteiger partial charge in [-0.05, 0) is 30.3 Å². The third-order valence-corrected chi connectivity index (χ3v) is 3.07. The Morgan fingerprint density at radius 1 is 1.14 bits per heavy atom. The van der Waals surface area contributed by atoms with Crippen molar-refractivity contribution < 1.29 is 18.7 Å². The van der Waals surface area contributed by atoms with Crippen LogP contribution in [0.3, 0.4) is 0 Å². The quantitative estimate of drug-likeness (QED) is 0.935. The lowest BCUT2D eigenvalue weighted by atomic mass is 10.2. The molecule has 1 amide bonds. The number of carbonyl (C=O) groups excluding carboxylic acids is 1. The minimum atomic E-state index is -0.649. The van der Waals surface area contributed by atoms with E-state index in [1.54, 1.807) is 18.2 Å². The summed E-state index contributed by atoms with van der Waals surface area (Å²) < 4.78 is 23.9. The number of hydrogen-bond donors (Lipinski definition) is 1. The maximum atomic E-state index is 13.7. The summed E-state index contributed by atoms with van der Waals surface area (Å²) >= 11 is 5.77. The molecule has 0 aromatic heterocycles. The molecule has 2 aromatic carbocycles. The van der Waals surface area contributed by atoms with Crippen LogP contribution >= 0.6 is 11.6 Å². The molecule has 0 aliphatic carbocycles. The van der Waals surface area contributed by atoms with Crippen molar-refractivity contribution in [3.8, 4) is 11.5 Å². The zero-order valence-electron chi connectivity index (χ0n) is 11.4. The van der Waals surface area contributed by atoms with E-state index in [9.17, 15) is 9.18 Å². The van der Waals surface area contributed by atoms with Crippen LogP contribution < -0.4 is 14.8 Å². The number of carbonyl (C=O) groups is 1. The molecule has 0 saturated heterocycles. The predicted molar refractivity (Wildman–Crippen MR) is 78.9 cm³/mol. The minimum Gasteiger partial charge on any atom is -0.497 e. The van der Waals surface area contributed by atoms with Gasteiger partial charge in [-0.25, -0.2) is 4.39 Å². The first-order valence-corrected chi connectivity index (χ1v) is 6.41. The monoisotopic (exact) mass is 309 g/mol. The van der Waals surface area contributed by atoms with Gasteiger partial charge in [0.1, 0.15) is 17.3 Å². The molecule has 0 aliphatic rings. The number of nitrogens with one attached hydrogen (secondary N) is 1.